The zero-order valence-corrected chi connectivity index (χ0v) is 8.84. The summed E-state index contributed by atoms with van der Waals surface area (Å²) in [5, 5.41) is 12.8. The van der Waals surface area contributed by atoms with E-state index in [1.165, 1.54) is 0 Å². The number of aromatic nitrogens is 2. The van der Waals surface area contributed by atoms with Crippen molar-refractivity contribution in [3.63, 3.8) is 0 Å². The van der Waals surface area contributed by atoms with E-state index >= 15 is 0 Å². The average molecular weight is 208 g/mol. The molecule has 0 unspecified atom stereocenters. The van der Waals surface area contributed by atoms with Crippen molar-refractivity contribution in [1.29, 1.82) is 0 Å². The molecule has 2 heterocycles. The molecule has 5 nitrogen and oxygen atoms in total. The van der Waals surface area contributed by atoms with E-state index in [1.807, 2.05) is 13.0 Å². The maximum atomic E-state index is 11.7. The van der Waals surface area contributed by atoms with Gasteiger partial charge < -0.3 is 10.6 Å². The minimum absolute atomic E-state index is 0.0154. The lowest BCUT2D eigenvalue weighted by atomic mass is 10.2. The van der Waals surface area contributed by atoms with Crippen molar-refractivity contribution in [2.24, 2.45) is 0 Å². The van der Waals surface area contributed by atoms with Gasteiger partial charge in [-0.1, -0.05) is 6.92 Å². The van der Waals surface area contributed by atoms with E-state index in [1.54, 1.807) is 0 Å². The number of carbonyl (C=O) groups excluding carboxylic acids is 1. The fraction of sp³-hybridized carbons (Fsp3) is 0.600. The summed E-state index contributed by atoms with van der Waals surface area (Å²) in [4.78, 5) is 11.7. The zero-order chi connectivity index (χ0) is 10.7. The molecule has 0 bridgehead atoms. The number of H-pyrrole nitrogens is 1. The highest BCUT2D eigenvalue weighted by Crippen LogP contribution is 2.10. The van der Waals surface area contributed by atoms with Crippen LogP contribution in [-0.4, -0.2) is 28.7 Å². The van der Waals surface area contributed by atoms with Gasteiger partial charge in [-0.2, -0.15) is 5.10 Å². The van der Waals surface area contributed by atoms with Gasteiger partial charge in [0, 0.05) is 11.8 Å². The largest absolute Gasteiger partial charge is 0.308 e. The summed E-state index contributed by atoms with van der Waals surface area (Å²) in [5.74, 6) is 0.632. The lowest BCUT2D eigenvalue weighted by Gasteiger charge is -2.08. The Morgan fingerprint density at radius 1 is 1.73 bits per heavy atom. The number of nitrogens with one attached hydrogen (secondary N) is 3. The van der Waals surface area contributed by atoms with Crippen molar-refractivity contribution < 1.29 is 4.79 Å². The Bertz CT molecular complexity index is 341. The summed E-state index contributed by atoms with van der Waals surface area (Å²) in [7, 11) is 0. The monoisotopic (exact) mass is 208 g/mol. The standard InChI is InChI=1S/C10H16N4O/c1-2-7-6-9(14-13-7)12-10(15)8-4-3-5-11-8/h6,8,11H,2-5H2,1H3,(H2,12,13,14,15)/t8-/m0/s1. The Balaban J connectivity index is 1.92. The Kier molecular flexibility index (Phi) is 3.01. The average Bonchev–Trinajstić information content (AvgIpc) is 2.87. The van der Waals surface area contributed by atoms with Crippen molar-refractivity contribution in [2.75, 3.05) is 11.9 Å². The summed E-state index contributed by atoms with van der Waals surface area (Å²) in [6.45, 7) is 2.97. The molecule has 1 atom stereocenters. The molecule has 1 aromatic heterocycles. The van der Waals surface area contributed by atoms with Crippen molar-refractivity contribution in [3.05, 3.63) is 11.8 Å². The third-order valence-electron chi connectivity index (χ3n) is 2.64. The van der Waals surface area contributed by atoms with Crippen molar-refractivity contribution >= 4 is 11.7 Å². The van der Waals surface area contributed by atoms with Gasteiger partial charge in [-0.15, -0.1) is 0 Å². The number of amides is 1. The van der Waals surface area contributed by atoms with E-state index < -0.39 is 0 Å². The summed E-state index contributed by atoms with van der Waals surface area (Å²) in [6.07, 6.45) is 2.88. The van der Waals surface area contributed by atoms with Crippen LogP contribution < -0.4 is 10.6 Å². The minimum Gasteiger partial charge on any atom is -0.308 e. The number of aryl methyl sites for hydroxylation is 1. The molecular weight excluding hydrogens is 192 g/mol. The first kappa shape index (κ1) is 10.2. The topological polar surface area (TPSA) is 69.8 Å². The van der Waals surface area contributed by atoms with Crippen LogP contribution in [0, 0.1) is 0 Å². The maximum Gasteiger partial charge on any atom is 0.242 e. The fourth-order valence-corrected chi connectivity index (χ4v) is 1.73. The molecule has 1 aromatic rings. The van der Waals surface area contributed by atoms with E-state index in [0.29, 0.717) is 5.82 Å². The molecule has 0 saturated carbocycles. The van der Waals surface area contributed by atoms with Crippen molar-refractivity contribution in [2.45, 2.75) is 32.2 Å². The number of nitrogens with zero attached hydrogens (tertiary/aromatic N) is 1. The Morgan fingerprint density at radius 2 is 2.60 bits per heavy atom. The third kappa shape index (κ3) is 2.36. The molecule has 1 aliphatic heterocycles. The van der Waals surface area contributed by atoms with Crippen molar-refractivity contribution in [3.8, 4) is 0 Å². The predicted molar refractivity (Wildman–Crippen MR) is 57.6 cm³/mol. The molecule has 3 N–H and O–H groups in total. The van der Waals surface area contributed by atoms with Gasteiger partial charge in [0.2, 0.25) is 5.91 Å². The summed E-state index contributed by atoms with van der Waals surface area (Å²) in [5.41, 5.74) is 1.03. The van der Waals surface area contributed by atoms with Crippen LogP contribution in [0.5, 0.6) is 0 Å². The first-order chi connectivity index (χ1) is 7.29. The Labute approximate surface area is 88.6 Å². The second-order valence-electron chi connectivity index (χ2n) is 3.77. The zero-order valence-electron chi connectivity index (χ0n) is 8.84. The van der Waals surface area contributed by atoms with Gasteiger partial charge in [-0.3, -0.25) is 9.89 Å². The van der Waals surface area contributed by atoms with E-state index in [9.17, 15) is 4.79 Å². The molecule has 0 radical (unpaired) electrons. The van der Waals surface area contributed by atoms with Crippen LogP contribution in [0.25, 0.3) is 0 Å². The van der Waals surface area contributed by atoms with Crippen LogP contribution in [-0.2, 0) is 11.2 Å². The summed E-state index contributed by atoms with van der Waals surface area (Å²) in [6, 6.07) is 1.82. The first-order valence-corrected chi connectivity index (χ1v) is 5.38. The smallest absolute Gasteiger partial charge is 0.242 e. The van der Waals surface area contributed by atoms with Crippen LogP contribution in [0.4, 0.5) is 5.82 Å². The fourth-order valence-electron chi connectivity index (χ4n) is 1.73. The van der Waals surface area contributed by atoms with Gasteiger partial charge in [-0.25, -0.2) is 0 Å². The molecule has 1 saturated heterocycles. The molecule has 2 rings (SSSR count). The Morgan fingerprint density at radius 3 is 3.20 bits per heavy atom. The van der Waals surface area contributed by atoms with Gasteiger partial charge in [-0.05, 0) is 25.8 Å². The second kappa shape index (κ2) is 4.44. The molecule has 0 aliphatic carbocycles. The van der Waals surface area contributed by atoms with Crippen molar-refractivity contribution in [1.82, 2.24) is 15.5 Å². The SMILES string of the molecule is CCc1cc(NC(=O)[C@@H]2CCCN2)n[nH]1. The van der Waals surface area contributed by atoms with Gasteiger partial charge in [0.15, 0.2) is 5.82 Å². The van der Waals surface area contributed by atoms with Gasteiger partial charge >= 0.3 is 0 Å². The number of rotatable bonds is 3. The van der Waals surface area contributed by atoms with Crippen LogP contribution in [0.15, 0.2) is 6.07 Å². The van der Waals surface area contributed by atoms with Gasteiger partial charge in [0.1, 0.15) is 0 Å². The highest BCUT2D eigenvalue weighted by atomic mass is 16.2. The maximum absolute atomic E-state index is 11.7. The lowest BCUT2D eigenvalue weighted by Crippen LogP contribution is -2.35. The van der Waals surface area contributed by atoms with E-state index in [4.69, 9.17) is 0 Å². The third-order valence-corrected chi connectivity index (χ3v) is 2.64. The molecule has 82 valence electrons. The molecule has 0 aromatic carbocycles. The molecule has 0 spiro atoms. The predicted octanol–water partition coefficient (Wildman–Crippen LogP) is 0.663. The number of hydrogen-bond acceptors (Lipinski definition) is 3. The van der Waals surface area contributed by atoms with Crippen LogP contribution >= 0.6 is 0 Å². The molecule has 5 heteroatoms. The normalized spacial score (nSPS) is 20.5. The number of carbonyl (C=O) groups is 1. The number of hydrogen-bond donors (Lipinski definition) is 3. The van der Waals surface area contributed by atoms with E-state index in [-0.39, 0.29) is 11.9 Å². The molecule has 1 fully saturated rings. The van der Waals surface area contributed by atoms with E-state index in [2.05, 4.69) is 20.8 Å². The van der Waals surface area contributed by atoms with Crippen LogP contribution in [0.1, 0.15) is 25.5 Å². The van der Waals surface area contributed by atoms with Crippen LogP contribution in [0.3, 0.4) is 0 Å². The van der Waals surface area contributed by atoms with Gasteiger partial charge in [0.25, 0.3) is 0 Å². The summed E-state index contributed by atoms with van der Waals surface area (Å²) < 4.78 is 0. The highest BCUT2D eigenvalue weighted by Gasteiger charge is 2.22. The van der Waals surface area contributed by atoms with Gasteiger partial charge in [0.05, 0.1) is 6.04 Å². The Hall–Kier alpha value is -1.36. The summed E-state index contributed by atoms with van der Waals surface area (Å²) >= 11 is 0. The second-order valence-corrected chi connectivity index (χ2v) is 3.77. The first-order valence-electron chi connectivity index (χ1n) is 5.38. The molecule has 15 heavy (non-hydrogen) atoms. The molecular formula is C10H16N4O. The van der Waals surface area contributed by atoms with Crippen LogP contribution in [0.2, 0.25) is 0 Å². The highest BCUT2D eigenvalue weighted by molar-refractivity contribution is 5.94. The molecule has 1 amide bonds. The van der Waals surface area contributed by atoms with E-state index in [0.717, 1.165) is 31.5 Å². The number of aromatic amines is 1. The lowest BCUT2D eigenvalue weighted by molar-refractivity contribution is -0.117. The quantitative estimate of drug-likeness (QED) is 0.683. The minimum atomic E-state index is -0.0493. The number of anilines is 1. The molecule has 1 aliphatic rings.